The lowest BCUT2D eigenvalue weighted by molar-refractivity contribution is -0.123. The normalized spacial score (nSPS) is 19.1. The van der Waals surface area contributed by atoms with E-state index in [0.717, 1.165) is 0 Å². The lowest BCUT2D eigenvalue weighted by Crippen LogP contribution is -2.41. The van der Waals surface area contributed by atoms with E-state index in [0.29, 0.717) is 5.56 Å². The van der Waals surface area contributed by atoms with Crippen molar-refractivity contribution in [1.29, 1.82) is 0 Å². The molecule has 2 rings (SSSR count). The van der Waals surface area contributed by atoms with Crippen molar-refractivity contribution in [2.24, 2.45) is 10.9 Å². The van der Waals surface area contributed by atoms with Crippen LogP contribution in [0.25, 0.3) is 0 Å². The van der Waals surface area contributed by atoms with Crippen LogP contribution in [0.2, 0.25) is 0 Å². The first-order chi connectivity index (χ1) is 10.2. The predicted octanol–water partition coefficient (Wildman–Crippen LogP) is 1.27. The van der Waals surface area contributed by atoms with E-state index in [1.165, 1.54) is 6.07 Å². The Hall–Kier alpha value is -1.89. The first-order valence-electron chi connectivity index (χ1n) is 7.22. The standard InChI is InChI=1S/C15H21N3O3S/c1-9(2)13(15(19)16-10(3)4)17-14-11-7-5-6-8-12(11)22(20,21)18-14/h5-10,13H,1-4H3,(H,16,19)(H,17,18)/t13-/m0/s1. The molecule has 22 heavy (non-hydrogen) atoms. The van der Waals surface area contributed by atoms with Crippen molar-refractivity contribution in [2.45, 2.75) is 44.7 Å². The molecule has 0 fully saturated rings. The number of nitrogens with one attached hydrogen (secondary N) is 2. The second-order valence-electron chi connectivity index (χ2n) is 5.93. The van der Waals surface area contributed by atoms with Crippen LogP contribution in [0.5, 0.6) is 0 Å². The van der Waals surface area contributed by atoms with Crippen LogP contribution in [0.3, 0.4) is 0 Å². The summed E-state index contributed by atoms with van der Waals surface area (Å²) in [6.45, 7) is 7.50. The molecule has 1 amide bonds. The molecule has 6 nitrogen and oxygen atoms in total. The van der Waals surface area contributed by atoms with Crippen molar-refractivity contribution in [1.82, 2.24) is 10.0 Å². The zero-order chi connectivity index (χ0) is 16.5. The summed E-state index contributed by atoms with van der Waals surface area (Å²) in [4.78, 5) is 16.8. The number of nitrogens with zero attached hydrogens (tertiary/aromatic N) is 1. The van der Waals surface area contributed by atoms with E-state index in [9.17, 15) is 13.2 Å². The number of hydrogen-bond acceptors (Lipinski definition) is 4. The molecule has 120 valence electrons. The third-order valence-corrected chi connectivity index (χ3v) is 4.66. The maximum Gasteiger partial charge on any atom is 0.263 e. The molecule has 7 heteroatoms. The van der Waals surface area contributed by atoms with Gasteiger partial charge in [-0.1, -0.05) is 26.0 Å². The zero-order valence-corrected chi connectivity index (χ0v) is 13.9. The third kappa shape index (κ3) is 3.30. The lowest BCUT2D eigenvalue weighted by Gasteiger charge is -2.18. The van der Waals surface area contributed by atoms with Crippen LogP contribution in [0.15, 0.2) is 34.2 Å². The minimum atomic E-state index is -3.59. The summed E-state index contributed by atoms with van der Waals surface area (Å²) < 4.78 is 26.6. The fourth-order valence-corrected chi connectivity index (χ4v) is 3.49. The zero-order valence-electron chi connectivity index (χ0n) is 13.1. The average Bonchev–Trinajstić information content (AvgIpc) is 2.67. The Balaban J connectivity index is 2.41. The highest BCUT2D eigenvalue weighted by atomic mass is 32.2. The topological polar surface area (TPSA) is 87.6 Å². The second kappa shape index (κ2) is 6.08. The van der Waals surface area contributed by atoms with Gasteiger partial charge >= 0.3 is 0 Å². The number of amidine groups is 1. The summed E-state index contributed by atoms with van der Waals surface area (Å²) in [7, 11) is -3.59. The maximum absolute atomic E-state index is 12.3. The summed E-state index contributed by atoms with van der Waals surface area (Å²) in [5, 5.41) is 2.82. The van der Waals surface area contributed by atoms with Gasteiger partial charge in [0.1, 0.15) is 11.9 Å². The highest BCUT2D eigenvalue weighted by Crippen LogP contribution is 2.23. The van der Waals surface area contributed by atoms with Gasteiger partial charge in [0.15, 0.2) is 0 Å². The molecule has 0 radical (unpaired) electrons. The number of carbonyl (C=O) groups is 1. The Labute approximate surface area is 131 Å². The van der Waals surface area contributed by atoms with E-state index in [1.54, 1.807) is 18.2 Å². The molecule has 1 aromatic rings. The summed E-state index contributed by atoms with van der Waals surface area (Å²) in [5.74, 6) is -0.0298. The summed E-state index contributed by atoms with van der Waals surface area (Å²) >= 11 is 0. The first-order valence-corrected chi connectivity index (χ1v) is 8.71. The largest absolute Gasteiger partial charge is 0.352 e. The van der Waals surface area contributed by atoms with Gasteiger partial charge < -0.3 is 5.32 Å². The molecule has 1 aliphatic rings. The number of aliphatic imine (C=N–C) groups is 1. The van der Waals surface area contributed by atoms with Crippen LogP contribution < -0.4 is 10.0 Å². The number of rotatable bonds is 4. The molecule has 0 spiro atoms. The van der Waals surface area contributed by atoms with Gasteiger partial charge in [-0.15, -0.1) is 0 Å². The van der Waals surface area contributed by atoms with E-state index in [1.807, 2.05) is 27.7 Å². The quantitative estimate of drug-likeness (QED) is 0.875. The van der Waals surface area contributed by atoms with Crippen LogP contribution in [0.1, 0.15) is 33.3 Å². The minimum absolute atomic E-state index is 0.00139. The predicted molar refractivity (Wildman–Crippen MR) is 85.2 cm³/mol. The number of carbonyl (C=O) groups excluding carboxylic acids is 1. The van der Waals surface area contributed by atoms with Crippen molar-refractivity contribution in [3.8, 4) is 0 Å². The van der Waals surface area contributed by atoms with E-state index in [4.69, 9.17) is 0 Å². The molecule has 1 heterocycles. The molecule has 1 aliphatic heterocycles. The molecule has 1 aromatic carbocycles. The van der Waals surface area contributed by atoms with Crippen molar-refractivity contribution in [2.75, 3.05) is 0 Å². The first kappa shape index (κ1) is 16.5. The number of amides is 1. The van der Waals surface area contributed by atoms with Crippen LogP contribution in [0.4, 0.5) is 0 Å². The van der Waals surface area contributed by atoms with Crippen molar-refractivity contribution in [3.63, 3.8) is 0 Å². The Morgan fingerprint density at radius 3 is 2.41 bits per heavy atom. The third-order valence-electron chi connectivity index (χ3n) is 3.26. The molecule has 1 atom stereocenters. The average molecular weight is 323 g/mol. The minimum Gasteiger partial charge on any atom is -0.352 e. The van der Waals surface area contributed by atoms with Crippen LogP contribution in [-0.2, 0) is 14.8 Å². The SMILES string of the molecule is CC(C)NC(=O)[C@@H](N=C1NS(=O)(=O)c2ccccc21)C(C)C. The van der Waals surface area contributed by atoms with E-state index >= 15 is 0 Å². The number of hydrogen-bond donors (Lipinski definition) is 2. The fourth-order valence-electron chi connectivity index (χ4n) is 2.25. The molecule has 0 saturated carbocycles. The molecule has 0 aliphatic carbocycles. The lowest BCUT2D eigenvalue weighted by atomic mass is 10.0. The van der Waals surface area contributed by atoms with Gasteiger partial charge in [-0.05, 0) is 31.9 Å². The highest BCUT2D eigenvalue weighted by Gasteiger charge is 2.32. The van der Waals surface area contributed by atoms with E-state index in [-0.39, 0.29) is 28.6 Å². The Bertz CT molecular complexity index is 708. The van der Waals surface area contributed by atoms with Crippen molar-refractivity contribution < 1.29 is 13.2 Å². The van der Waals surface area contributed by atoms with Gasteiger partial charge in [0.2, 0.25) is 5.91 Å². The Morgan fingerprint density at radius 2 is 1.82 bits per heavy atom. The monoisotopic (exact) mass is 323 g/mol. The summed E-state index contributed by atoms with van der Waals surface area (Å²) in [6, 6.07) is 5.97. The smallest absolute Gasteiger partial charge is 0.263 e. The van der Waals surface area contributed by atoms with Crippen LogP contribution >= 0.6 is 0 Å². The highest BCUT2D eigenvalue weighted by molar-refractivity contribution is 7.90. The fraction of sp³-hybridized carbons (Fsp3) is 0.467. The number of sulfonamides is 1. The molecule has 2 N–H and O–H groups in total. The van der Waals surface area contributed by atoms with Gasteiger partial charge in [0.05, 0.1) is 4.90 Å². The molecule has 0 unspecified atom stereocenters. The van der Waals surface area contributed by atoms with Gasteiger partial charge in [-0.2, -0.15) is 0 Å². The van der Waals surface area contributed by atoms with Crippen LogP contribution in [-0.4, -0.2) is 32.2 Å². The molecule has 0 saturated heterocycles. The molecular weight excluding hydrogens is 302 g/mol. The van der Waals surface area contributed by atoms with Crippen LogP contribution in [0, 0.1) is 5.92 Å². The molecule has 0 bridgehead atoms. The van der Waals surface area contributed by atoms with Crippen molar-refractivity contribution >= 4 is 21.8 Å². The van der Waals surface area contributed by atoms with Gasteiger partial charge in [0.25, 0.3) is 10.0 Å². The molecule has 0 aromatic heterocycles. The van der Waals surface area contributed by atoms with E-state index < -0.39 is 16.1 Å². The summed E-state index contributed by atoms with van der Waals surface area (Å²) in [6.07, 6.45) is 0. The van der Waals surface area contributed by atoms with Gasteiger partial charge in [-0.25, -0.2) is 8.42 Å². The maximum atomic E-state index is 12.3. The number of fused-ring (bicyclic) bond motifs is 1. The molecular formula is C15H21N3O3S. The van der Waals surface area contributed by atoms with Gasteiger partial charge in [-0.3, -0.25) is 14.5 Å². The van der Waals surface area contributed by atoms with Crippen molar-refractivity contribution in [3.05, 3.63) is 29.8 Å². The number of benzene rings is 1. The Morgan fingerprint density at radius 1 is 1.18 bits per heavy atom. The van der Waals surface area contributed by atoms with E-state index in [2.05, 4.69) is 15.0 Å². The summed E-state index contributed by atoms with van der Waals surface area (Å²) in [5.41, 5.74) is 0.505. The Kier molecular flexibility index (Phi) is 4.55. The second-order valence-corrected chi connectivity index (χ2v) is 7.58. The van der Waals surface area contributed by atoms with Gasteiger partial charge in [0, 0.05) is 11.6 Å².